The molecule has 0 saturated heterocycles. The first kappa shape index (κ1) is 18.0. The molecule has 1 aromatic heterocycles. The summed E-state index contributed by atoms with van der Waals surface area (Å²) >= 11 is 6.14. The number of nitrogens with one attached hydrogen (secondary N) is 1. The average Bonchev–Trinajstić information content (AvgIpc) is 2.96. The molecule has 0 aliphatic rings. The van der Waals surface area contributed by atoms with E-state index in [1.807, 2.05) is 0 Å². The zero-order valence-corrected chi connectivity index (χ0v) is 14.2. The summed E-state index contributed by atoms with van der Waals surface area (Å²) in [7, 11) is 0. The number of nitrogens with zero attached hydrogens (tertiary/aromatic N) is 1. The summed E-state index contributed by atoms with van der Waals surface area (Å²) in [5, 5.41) is 6.68. The number of carbonyl (C=O) groups is 1. The van der Waals surface area contributed by atoms with E-state index < -0.39 is 17.6 Å². The van der Waals surface area contributed by atoms with E-state index in [1.165, 1.54) is 19.1 Å². The van der Waals surface area contributed by atoms with E-state index in [0.29, 0.717) is 10.6 Å². The zero-order valence-electron chi connectivity index (χ0n) is 13.4. The highest BCUT2D eigenvalue weighted by Gasteiger charge is 2.31. The summed E-state index contributed by atoms with van der Waals surface area (Å²) in [4.78, 5) is 12.6. The van der Waals surface area contributed by atoms with Crippen LogP contribution in [-0.2, 0) is 6.18 Å². The molecule has 0 aliphatic carbocycles. The summed E-state index contributed by atoms with van der Waals surface area (Å²) in [6.45, 7) is 1.54. The predicted molar refractivity (Wildman–Crippen MR) is 91.1 cm³/mol. The van der Waals surface area contributed by atoms with E-state index in [4.69, 9.17) is 16.1 Å². The molecule has 0 unspecified atom stereocenters. The Balaban J connectivity index is 1.95. The number of halogens is 4. The molecule has 0 bridgehead atoms. The van der Waals surface area contributed by atoms with Gasteiger partial charge in [0.15, 0.2) is 0 Å². The van der Waals surface area contributed by atoms with E-state index >= 15 is 0 Å². The Labute approximate surface area is 151 Å². The Morgan fingerprint density at radius 1 is 1.15 bits per heavy atom. The van der Waals surface area contributed by atoms with Crippen LogP contribution in [0.15, 0.2) is 53.1 Å². The monoisotopic (exact) mass is 380 g/mol. The molecular weight excluding hydrogens is 369 g/mol. The molecule has 0 spiro atoms. The molecule has 0 fully saturated rings. The van der Waals surface area contributed by atoms with Crippen molar-refractivity contribution in [1.29, 1.82) is 0 Å². The summed E-state index contributed by atoms with van der Waals surface area (Å²) in [5.41, 5.74) is -0.0347. The third kappa shape index (κ3) is 3.57. The van der Waals surface area contributed by atoms with Gasteiger partial charge in [0.25, 0.3) is 5.91 Å². The summed E-state index contributed by atoms with van der Waals surface area (Å²) in [6, 6.07) is 11.1. The standard InChI is InChI=1S/C18H12ClF3N2O2/c1-10-15(16(24-26-10)13-7-2-3-8-14(13)19)17(25)23-12-6-4-5-11(9-12)18(20,21)22/h2-9H,1H3,(H,23,25). The van der Waals surface area contributed by atoms with Gasteiger partial charge < -0.3 is 9.84 Å². The minimum atomic E-state index is -4.50. The van der Waals surface area contributed by atoms with Crippen molar-refractivity contribution in [3.05, 3.63) is 70.4 Å². The maximum atomic E-state index is 12.8. The average molecular weight is 381 g/mol. The predicted octanol–water partition coefficient (Wildman–Crippen LogP) is 5.57. The molecule has 134 valence electrons. The number of carbonyl (C=O) groups excluding carboxylic acids is 1. The van der Waals surface area contributed by atoms with Crippen LogP contribution in [0.5, 0.6) is 0 Å². The number of hydrogen-bond acceptors (Lipinski definition) is 3. The fourth-order valence-electron chi connectivity index (χ4n) is 2.44. The van der Waals surface area contributed by atoms with Crippen molar-refractivity contribution in [3.63, 3.8) is 0 Å². The second kappa shape index (κ2) is 6.84. The van der Waals surface area contributed by atoms with Crippen molar-refractivity contribution >= 4 is 23.2 Å². The topological polar surface area (TPSA) is 55.1 Å². The molecule has 1 heterocycles. The highest BCUT2D eigenvalue weighted by molar-refractivity contribution is 6.33. The summed E-state index contributed by atoms with van der Waals surface area (Å²) in [6.07, 6.45) is -4.50. The lowest BCUT2D eigenvalue weighted by atomic mass is 10.1. The van der Waals surface area contributed by atoms with Gasteiger partial charge in [-0.15, -0.1) is 0 Å². The van der Waals surface area contributed by atoms with Gasteiger partial charge in [-0.25, -0.2) is 0 Å². The van der Waals surface area contributed by atoms with Crippen LogP contribution in [0.2, 0.25) is 5.02 Å². The number of alkyl halides is 3. The number of rotatable bonds is 3. The second-order valence-electron chi connectivity index (χ2n) is 5.47. The lowest BCUT2D eigenvalue weighted by Gasteiger charge is -2.10. The Bertz CT molecular complexity index is 967. The number of aromatic nitrogens is 1. The minimum Gasteiger partial charge on any atom is -0.360 e. The van der Waals surface area contributed by atoms with E-state index in [1.54, 1.807) is 24.3 Å². The molecule has 0 aliphatic heterocycles. The lowest BCUT2D eigenvalue weighted by molar-refractivity contribution is -0.137. The van der Waals surface area contributed by atoms with Crippen LogP contribution in [0, 0.1) is 6.92 Å². The Hall–Kier alpha value is -2.80. The Morgan fingerprint density at radius 3 is 2.58 bits per heavy atom. The van der Waals surface area contributed by atoms with Crippen molar-refractivity contribution in [1.82, 2.24) is 5.16 Å². The van der Waals surface area contributed by atoms with Gasteiger partial charge in [0.2, 0.25) is 0 Å². The van der Waals surface area contributed by atoms with Gasteiger partial charge in [0.05, 0.1) is 10.6 Å². The first-order valence-electron chi connectivity index (χ1n) is 7.47. The van der Waals surface area contributed by atoms with Crippen LogP contribution >= 0.6 is 11.6 Å². The van der Waals surface area contributed by atoms with Crippen LogP contribution < -0.4 is 5.32 Å². The van der Waals surface area contributed by atoms with Crippen LogP contribution in [0.3, 0.4) is 0 Å². The number of anilines is 1. The van der Waals surface area contributed by atoms with Crippen LogP contribution in [-0.4, -0.2) is 11.1 Å². The molecule has 3 aromatic rings. The van der Waals surface area contributed by atoms with Crippen molar-refractivity contribution in [2.75, 3.05) is 5.32 Å². The van der Waals surface area contributed by atoms with Crippen LogP contribution in [0.25, 0.3) is 11.3 Å². The highest BCUT2D eigenvalue weighted by atomic mass is 35.5. The van der Waals surface area contributed by atoms with Crippen molar-refractivity contribution in [2.45, 2.75) is 13.1 Å². The lowest BCUT2D eigenvalue weighted by Crippen LogP contribution is -2.14. The molecule has 8 heteroatoms. The number of benzene rings is 2. The first-order valence-corrected chi connectivity index (χ1v) is 7.85. The fraction of sp³-hybridized carbons (Fsp3) is 0.111. The maximum Gasteiger partial charge on any atom is 0.416 e. The SMILES string of the molecule is Cc1onc(-c2ccccc2Cl)c1C(=O)Nc1cccc(C(F)(F)F)c1. The number of aryl methyl sites for hydroxylation is 1. The largest absolute Gasteiger partial charge is 0.416 e. The van der Waals surface area contributed by atoms with Crippen molar-refractivity contribution < 1.29 is 22.5 Å². The molecular formula is C18H12ClF3N2O2. The summed E-state index contributed by atoms with van der Waals surface area (Å²) < 4.78 is 43.6. The minimum absolute atomic E-state index is 0.00975. The van der Waals surface area contributed by atoms with Gasteiger partial charge in [-0.3, -0.25) is 4.79 Å². The van der Waals surface area contributed by atoms with E-state index in [9.17, 15) is 18.0 Å². The van der Waals surface area contributed by atoms with E-state index in [0.717, 1.165) is 12.1 Å². The van der Waals surface area contributed by atoms with Crippen molar-refractivity contribution in [2.24, 2.45) is 0 Å². The maximum absolute atomic E-state index is 12.8. The molecule has 26 heavy (non-hydrogen) atoms. The zero-order chi connectivity index (χ0) is 18.9. The van der Waals surface area contributed by atoms with Gasteiger partial charge in [-0.05, 0) is 31.2 Å². The Kier molecular flexibility index (Phi) is 4.73. The van der Waals surface area contributed by atoms with E-state index in [2.05, 4.69) is 10.5 Å². The third-order valence-corrected chi connectivity index (χ3v) is 4.00. The number of hydrogen-bond donors (Lipinski definition) is 1. The molecule has 0 saturated carbocycles. The molecule has 1 amide bonds. The van der Waals surface area contributed by atoms with Gasteiger partial charge in [0.1, 0.15) is 17.0 Å². The molecule has 0 atom stereocenters. The normalized spacial score (nSPS) is 11.4. The van der Waals surface area contributed by atoms with E-state index in [-0.39, 0.29) is 22.7 Å². The smallest absolute Gasteiger partial charge is 0.360 e. The van der Waals surface area contributed by atoms with Crippen LogP contribution in [0.4, 0.5) is 18.9 Å². The fourth-order valence-corrected chi connectivity index (χ4v) is 2.67. The summed E-state index contributed by atoms with van der Waals surface area (Å²) in [5.74, 6) is -0.414. The molecule has 1 N–H and O–H groups in total. The van der Waals surface area contributed by atoms with Crippen molar-refractivity contribution in [3.8, 4) is 11.3 Å². The Morgan fingerprint density at radius 2 is 1.88 bits per heavy atom. The van der Waals surface area contributed by atoms with Gasteiger partial charge in [-0.2, -0.15) is 13.2 Å². The van der Waals surface area contributed by atoms with Gasteiger partial charge >= 0.3 is 6.18 Å². The number of amides is 1. The third-order valence-electron chi connectivity index (χ3n) is 3.67. The molecule has 4 nitrogen and oxygen atoms in total. The highest BCUT2D eigenvalue weighted by Crippen LogP contribution is 2.33. The molecule has 2 aromatic carbocycles. The molecule has 0 radical (unpaired) electrons. The molecule has 3 rings (SSSR count). The van der Waals surface area contributed by atoms with Crippen LogP contribution in [0.1, 0.15) is 21.7 Å². The van der Waals surface area contributed by atoms with Gasteiger partial charge in [-0.1, -0.05) is 41.0 Å². The van der Waals surface area contributed by atoms with Gasteiger partial charge in [0, 0.05) is 11.3 Å². The quantitative estimate of drug-likeness (QED) is 0.645. The second-order valence-corrected chi connectivity index (χ2v) is 5.88. The first-order chi connectivity index (χ1) is 12.3.